The lowest BCUT2D eigenvalue weighted by atomic mass is 10.1. The monoisotopic (exact) mass is 253 g/mol. The lowest BCUT2D eigenvalue weighted by Crippen LogP contribution is -2.22. The number of aromatic nitrogens is 2. The quantitative estimate of drug-likeness (QED) is 0.759. The summed E-state index contributed by atoms with van der Waals surface area (Å²) in [5.41, 5.74) is 0. The Kier molecular flexibility index (Phi) is 4.51. The van der Waals surface area contributed by atoms with Gasteiger partial charge in [-0.3, -0.25) is 0 Å². The van der Waals surface area contributed by atoms with Crippen molar-refractivity contribution >= 4 is 11.3 Å². The molecule has 2 rings (SSSR count). The minimum absolute atomic E-state index is 0.630. The molecule has 96 valence electrons. The van der Waals surface area contributed by atoms with Crippen molar-refractivity contribution in [1.82, 2.24) is 15.5 Å². The second-order valence-corrected chi connectivity index (χ2v) is 6.60. The summed E-state index contributed by atoms with van der Waals surface area (Å²) >= 11 is 1.81. The molecule has 17 heavy (non-hydrogen) atoms. The molecular weight excluding hydrogens is 230 g/mol. The van der Waals surface area contributed by atoms with Gasteiger partial charge in [-0.15, -0.1) is 21.5 Å². The maximum absolute atomic E-state index is 4.33. The van der Waals surface area contributed by atoms with Gasteiger partial charge in [0.05, 0.1) is 0 Å². The number of hydrogen-bond donors (Lipinski definition) is 1. The molecule has 0 saturated heterocycles. The molecule has 1 aliphatic rings. The molecular formula is C13H23N3S. The van der Waals surface area contributed by atoms with Crippen LogP contribution < -0.4 is 5.32 Å². The van der Waals surface area contributed by atoms with E-state index in [-0.39, 0.29) is 0 Å². The average Bonchev–Trinajstić information content (AvgIpc) is 3.03. The summed E-state index contributed by atoms with van der Waals surface area (Å²) in [6.07, 6.45) is 3.78. The molecule has 1 saturated carbocycles. The Morgan fingerprint density at radius 2 is 2.06 bits per heavy atom. The second-order valence-electron chi connectivity index (χ2n) is 5.51. The lowest BCUT2D eigenvalue weighted by Gasteiger charge is -2.05. The summed E-state index contributed by atoms with van der Waals surface area (Å²) < 4.78 is 0. The molecule has 1 aliphatic carbocycles. The van der Waals surface area contributed by atoms with Crippen LogP contribution in [0.2, 0.25) is 0 Å². The first kappa shape index (κ1) is 13.0. The first-order valence-electron chi connectivity index (χ1n) is 6.69. The van der Waals surface area contributed by atoms with E-state index in [1.54, 1.807) is 11.3 Å². The van der Waals surface area contributed by atoms with Crippen molar-refractivity contribution in [3.63, 3.8) is 0 Å². The van der Waals surface area contributed by atoms with Crippen LogP contribution in [0.4, 0.5) is 0 Å². The van der Waals surface area contributed by atoms with Crippen LogP contribution in [0.25, 0.3) is 0 Å². The van der Waals surface area contributed by atoms with Gasteiger partial charge in [-0.2, -0.15) is 0 Å². The number of hydrogen-bond acceptors (Lipinski definition) is 4. The highest BCUT2D eigenvalue weighted by Crippen LogP contribution is 2.42. The number of nitrogens with one attached hydrogen (secondary N) is 1. The van der Waals surface area contributed by atoms with Crippen LogP contribution in [0.15, 0.2) is 0 Å². The fourth-order valence-electron chi connectivity index (χ4n) is 1.94. The molecule has 1 aromatic rings. The van der Waals surface area contributed by atoms with Crippen molar-refractivity contribution in [2.75, 3.05) is 13.1 Å². The minimum Gasteiger partial charge on any atom is -0.316 e. The zero-order valence-corrected chi connectivity index (χ0v) is 11.9. The highest BCUT2D eigenvalue weighted by molar-refractivity contribution is 7.11. The largest absolute Gasteiger partial charge is 0.316 e. The molecule has 3 nitrogen and oxygen atoms in total. The molecule has 1 N–H and O–H groups in total. The van der Waals surface area contributed by atoms with Crippen LogP contribution in [-0.2, 0) is 6.42 Å². The van der Waals surface area contributed by atoms with Gasteiger partial charge in [-0.05, 0) is 31.2 Å². The minimum atomic E-state index is 0.630. The summed E-state index contributed by atoms with van der Waals surface area (Å²) in [4.78, 5) is 0. The van der Waals surface area contributed by atoms with Gasteiger partial charge in [-0.1, -0.05) is 20.8 Å². The normalized spacial score (nSPS) is 17.6. The van der Waals surface area contributed by atoms with Crippen LogP contribution in [-0.4, -0.2) is 23.3 Å². The molecule has 1 unspecified atom stereocenters. The van der Waals surface area contributed by atoms with Gasteiger partial charge in [0, 0.05) is 18.9 Å². The Morgan fingerprint density at radius 1 is 1.29 bits per heavy atom. The van der Waals surface area contributed by atoms with Crippen LogP contribution >= 0.6 is 11.3 Å². The molecule has 0 aliphatic heterocycles. The molecule has 4 heteroatoms. The number of nitrogens with zero attached hydrogens (tertiary/aromatic N) is 2. The predicted octanol–water partition coefficient (Wildman–Crippen LogP) is 2.84. The van der Waals surface area contributed by atoms with Crippen molar-refractivity contribution in [2.24, 2.45) is 11.8 Å². The molecule has 1 heterocycles. The predicted molar refractivity (Wildman–Crippen MR) is 72.5 cm³/mol. The summed E-state index contributed by atoms with van der Waals surface area (Å²) in [7, 11) is 0. The zero-order chi connectivity index (χ0) is 12.3. The molecule has 0 bridgehead atoms. The highest BCUT2D eigenvalue weighted by atomic mass is 32.1. The molecule has 0 radical (unpaired) electrons. The Hall–Kier alpha value is -0.480. The Bertz CT molecular complexity index is 344. The maximum Gasteiger partial charge on any atom is 0.120 e. The topological polar surface area (TPSA) is 37.8 Å². The van der Waals surface area contributed by atoms with Gasteiger partial charge >= 0.3 is 0 Å². The van der Waals surface area contributed by atoms with E-state index in [0.29, 0.717) is 5.92 Å². The molecule has 1 aromatic heterocycles. The molecule has 1 atom stereocenters. The van der Waals surface area contributed by atoms with Gasteiger partial charge in [-0.25, -0.2) is 0 Å². The molecule has 1 fully saturated rings. The van der Waals surface area contributed by atoms with Gasteiger partial charge in [0.25, 0.3) is 0 Å². The Morgan fingerprint density at radius 3 is 2.71 bits per heavy atom. The van der Waals surface area contributed by atoms with Crippen molar-refractivity contribution in [2.45, 2.75) is 46.0 Å². The summed E-state index contributed by atoms with van der Waals surface area (Å²) in [5.74, 6) is 2.23. The molecule has 0 spiro atoms. The van der Waals surface area contributed by atoms with Crippen LogP contribution in [0.3, 0.4) is 0 Å². The fraction of sp³-hybridized carbons (Fsp3) is 0.846. The Balaban J connectivity index is 1.74. The van der Waals surface area contributed by atoms with Crippen molar-refractivity contribution in [1.29, 1.82) is 0 Å². The third-order valence-electron chi connectivity index (χ3n) is 3.27. The fourth-order valence-corrected chi connectivity index (χ4v) is 2.92. The highest BCUT2D eigenvalue weighted by Gasteiger charge is 2.31. The summed E-state index contributed by atoms with van der Waals surface area (Å²) in [5, 5.41) is 14.5. The maximum atomic E-state index is 4.33. The first-order chi connectivity index (χ1) is 8.16. The van der Waals surface area contributed by atoms with E-state index >= 15 is 0 Å². The average molecular weight is 253 g/mol. The van der Waals surface area contributed by atoms with Gasteiger partial charge in [0.2, 0.25) is 0 Å². The lowest BCUT2D eigenvalue weighted by molar-refractivity contribution is 0.553. The summed E-state index contributed by atoms with van der Waals surface area (Å²) in [6, 6.07) is 0. The molecule has 0 amide bonds. The van der Waals surface area contributed by atoms with E-state index in [2.05, 4.69) is 36.3 Å². The van der Waals surface area contributed by atoms with E-state index < -0.39 is 0 Å². The Labute approximate surface area is 108 Å². The van der Waals surface area contributed by atoms with E-state index in [4.69, 9.17) is 0 Å². The third kappa shape index (κ3) is 4.03. The van der Waals surface area contributed by atoms with Crippen LogP contribution in [0.5, 0.6) is 0 Å². The molecule has 0 aromatic carbocycles. The van der Waals surface area contributed by atoms with E-state index in [9.17, 15) is 0 Å². The van der Waals surface area contributed by atoms with Crippen molar-refractivity contribution in [3.8, 4) is 0 Å². The van der Waals surface area contributed by atoms with Crippen LogP contribution in [0.1, 0.15) is 49.5 Å². The first-order valence-corrected chi connectivity index (χ1v) is 7.51. The number of rotatable bonds is 7. The SMILES string of the molecule is CC(C)CNCCc1nnc(C(C)C2CC2)s1. The van der Waals surface area contributed by atoms with Crippen molar-refractivity contribution < 1.29 is 0 Å². The zero-order valence-electron chi connectivity index (χ0n) is 11.1. The van der Waals surface area contributed by atoms with E-state index in [0.717, 1.165) is 31.3 Å². The van der Waals surface area contributed by atoms with Gasteiger partial charge in [0.15, 0.2) is 0 Å². The third-order valence-corrected chi connectivity index (χ3v) is 4.45. The summed E-state index contributed by atoms with van der Waals surface area (Å²) in [6.45, 7) is 8.86. The van der Waals surface area contributed by atoms with Crippen LogP contribution in [0, 0.1) is 11.8 Å². The van der Waals surface area contributed by atoms with Crippen molar-refractivity contribution in [3.05, 3.63) is 10.0 Å². The van der Waals surface area contributed by atoms with Gasteiger partial charge in [0.1, 0.15) is 10.0 Å². The smallest absolute Gasteiger partial charge is 0.120 e. The van der Waals surface area contributed by atoms with E-state index in [1.165, 1.54) is 22.9 Å². The standard InChI is InChI=1S/C13H23N3S/c1-9(2)8-14-7-6-12-15-16-13(17-12)10(3)11-4-5-11/h9-11,14H,4-8H2,1-3H3. The van der Waals surface area contributed by atoms with Gasteiger partial charge < -0.3 is 5.32 Å². The second kappa shape index (κ2) is 5.91. The van der Waals surface area contributed by atoms with E-state index in [1.807, 2.05) is 0 Å².